The Kier molecular flexibility index (Phi) is 9.98. The molecule has 8 nitrogen and oxygen atoms in total. The number of sulfonamides is 1. The Morgan fingerprint density at radius 2 is 1.55 bits per heavy atom. The summed E-state index contributed by atoms with van der Waals surface area (Å²) in [4.78, 5) is 29.3. The predicted octanol–water partition coefficient (Wildman–Crippen LogP) is 4.32. The molecule has 214 valence electrons. The molecule has 0 fully saturated rings. The number of carbonyl (C=O) groups excluding carboxylic acids is 2. The number of nitrogens with one attached hydrogen (secondary N) is 1. The largest absolute Gasteiger partial charge is 0.497 e. The molecule has 0 unspecified atom stereocenters. The topological polar surface area (TPSA) is 96.0 Å². The van der Waals surface area contributed by atoms with Crippen molar-refractivity contribution in [2.24, 2.45) is 0 Å². The van der Waals surface area contributed by atoms with Crippen molar-refractivity contribution in [3.05, 3.63) is 95.6 Å². The van der Waals surface area contributed by atoms with E-state index in [0.717, 1.165) is 27.3 Å². The van der Waals surface area contributed by atoms with Crippen LogP contribution in [0.3, 0.4) is 0 Å². The zero-order chi connectivity index (χ0) is 29.5. The molecule has 40 heavy (non-hydrogen) atoms. The second kappa shape index (κ2) is 13.0. The van der Waals surface area contributed by atoms with Gasteiger partial charge in [-0.05, 0) is 63.1 Å². The molecule has 1 N–H and O–H groups in total. The van der Waals surface area contributed by atoms with E-state index in [1.807, 2.05) is 70.2 Å². The van der Waals surface area contributed by atoms with E-state index in [-0.39, 0.29) is 18.9 Å². The van der Waals surface area contributed by atoms with Crippen LogP contribution in [0.4, 0.5) is 5.69 Å². The SMILES string of the molecule is COc1cccc(CN(C(=O)CN(c2ccc(C)cc2)S(C)(=O)=O)[C@@H](Cc2ccccc2)C(=O)NC(C)(C)C)c1. The maximum Gasteiger partial charge on any atom is 0.244 e. The first-order chi connectivity index (χ1) is 18.8. The molecule has 0 aliphatic heterocycles. The van der Waals surface area contributed by atoms with Crippen molar-refractivity contribution in [2.75, 3.05) is 24.2 Å². The van der Waals surface area contributed by atoms with Gasteiger partial charge < -0.3 is 15.0 Å². The molecule has 0 aliphatic rings. The number of methoxy groups -OCH3 is 1. The summed E-state index contributed by atoms with van der Waals surface area (Å²) in [6.45, 7) is 7.15. The third-order valence-electron chi connectivity index (χ3n) is 6.26. The van der Waals surface area contributed by atoms with E-state index in [9.17, 15) is 18.0 Å². The molecule has 0 saturated heterocycles. The number of anilines is 1. The van der Waals surface area contributed by atoms with Crippen LogP contribution in [0.1, 0.15) is 37.5 Å². The first-order valence-corrected chi connectivity index (χ1v) is 14.9. The van der Waals surface area contributed by atoms with Gasteiger partial charge in [-0.2, -0.15) is 0 Å². The molecule has 0 saturated carbocycles. The van der Waals surface area contributed by atoms with Crippen LogP contribution in [-0.2, 0) is 32.6 Å². The van der Waals surface area contributed by atoms with Crippen molar-refractivity contribution < 1.29 is 22.7 Å². The van der Waals surface area contributed by atoms with Gasteiger partial charge in [0.1, 0.15) is 18.3 Å². The Morgan fingerprint density at radius 1 is 0.925 bits per heavy atom. The zero-order valence-corrected chi connectivity index (χ0v) is 24.9. The number of hydrogen-bond acceptors (Lipinski definition) is 5. The lowest BCUT2D eigenvalue weighted by Gasteiger charge is -2.35. The third-order valence-corrected chi connectivity index (χ3v) is 7.40. The van der Waals surface area contributed by atoms with Gasteiger partial charge in [-0.15, -0.1) is 0 Å². The Morgan fingerprint density at radius 3 is 2.12 bits per heavy atom. The van der Waals surface area contributed by atoms with E-state index < -0.39 is 34.1 Å². The first kappa shape index (κ1) is 30.7. The Labute approximate surface area is 238 Å². The van der Waals surface area contributed by atoms with Gasteiger partial charge in [-0.1, -0.05) is 60.2 Å². The maximum atomic E-state index is 14.1. The zero-order valence-electron chi connectivity index (χ0n) is 24.0. The minimum atomic E-state index is -3.81. The van der Waals surface area contributed by atoms with Crippen molar-refractivity contribution in [3.8, 4) is 5.75 Å². The van der Waals surface area contributed by atoms with Gasteiger partial charge >= 0.3 is 0 Å². The monoisotopic (exact) mass is 565 g/mol. The summed E-state index contributed by atoms with van der Waals surface area (Å²) in [7, 11) is -2.25. The average molecular weight is 566 g/mol. The van der Waals surface area contributed by atoms with Crippen molar-refractivity contribution in [3.63, 3.8) is 0 Å². The molecular formula is C31H39N3O5S. The second-order valence-electron chi connectivity index (χ2n) is 10.9. The molecule has 3 aromatic carbocycles. The van der Waals surface area contributed by atoms with Crippen molar-refractivity contribution in [2.45, 2.75) is 52.2 Å². The number of ether oxygens (including phenoxy) is 1. The minimum absolute atomic E-state index is 0.0800. The van der Waals surface area contributed by atoms with E-state index in [4.69, 9.17) is 4.74 Å². The first-order valence-electron chi connectivity index (χ1n) is 13.1. The smallest absolute Gasteiger partial charge is 0.244 e. The highest BCUT2D eigenvalue weighted by Gasteiger charge is 2.34. The molecule has 0 aliphatic carbocycles. The van der Waals surface area contributed by atoms with Gasteiger partial charge in [0.15, 0.2) is 0 Å². The highest BCUT2D eigenvalue weighted by atomic mass is 32.2. The number of nitrogens with zero attached hydrogens (tertiary/aromatic N) is 2. The van der Waals surface area contributed by atoms with Gasteiger partial charge in [-0.3, -0.25) is 13.9 Å². The summed E-state index contributed by atoms with van der Waals surface area (Å²) in [6, 6.07) is 22.7. The van der Waals surface area contributed by atoms with Crippen molar-refractivity contribution >= 4 is 27.5 Å². The van der Waals surface area contributed by atoms with Gasteiger partial charge in [0.25, 0.3) is 0 Å². The lowest BCUT2D eigenvalue weighted by Crippen LogP contribution is -2.56. The molecule has 0 bridgehead atoms. The highest BCUT2D eigenvalue weighted by molar-refractivity contribution is 7.92. The van der Waals surface area contributed by atoms with Crippen molar-refractivity contribution in [1.82, 2.24) is 10.2 Å². The van der Waals surface area contributed by atoms with E-state index >= 15 is 0 Å². The number of amides is 2. The van der Waals surface area contributed by atoms with E-state index in [1.54, 1.807) is 43.5 Å². The molecule has 3 aromatic rings. The summed E-state index contributed by atoms with van der Waals surface area (Å²) in [5.41, 5.74) is 2.41. The van der Waals surface area contributed by atoms with Gasteiger partial charge in [0.05, 0.1) is 19.1 Å². The number of rotatable bonds is 11. The molecule has 1 atom stereocenters. The number of hydrogen-bond donors (Lipinski definition) is 1. The molecule has 0 aromatic heterocycles. The fourth-order valence-corrected chi connectivity index (χ4v) is 5.15. The minimum Gasteiger partial charge on any atom is -0.497 e. The maximum absolute atomic E-state index is 14.1. The van der Waals surface area contributed by atoms with Gasteiger partial charge in [-0.25, -0.2) is 8.42 Å². The van der Waals surface area contributed by atoms with E-state index in [1.165, 1.54) is 4.90 Å². The average Bonchev–Trinajstić information content (AvgIpc) is 2.89. The fourth-order valence-electron chi connectivity index (χ4n) is 4.30. The lowest BCUT2D eigenvalue weighted by molar-refractivity contribution is -0.140. The second-order valence-corrected chi connectivity index (χ2v) is 12.8. The Balaban J connectivity index is 2.08. The number of benzene rings is 3. The molecule has 2 amide bonds. The van der Waals surface area contributed by atoms with Gasteiger partial charge in [0.2, 0.25) is 21.8 Å². The van der Waals surface area contributed by atoms with Crippen LogP contribution in [-0.4, -0.2) is 56.6 Å². The quantitative estimate of drug-likeness (QED) is 0.374. The molecule has 3 rings (SSSR count). The third kappa shape index (κ3) is 8.84. The summed E-state index contributed by atoms with van der Waals surface area (Å²) < 4.78 is 32.2. The van der Waals surface area contributed by atoms with Crippen LogP contribution in [0.5, 0.6) is 5.75 Å². The van der Waals surface area contributed by atoms with Gasteiger partial charge in [0, 0.05) is 18.5 Å². The fraction of sp³-hybridized carbons (Fsp3) is 0.355. The summed E-state index contributed by atoms with van der Waals surface area (Å²) >= 11 is 0. The van der Waals surface area contributed by atoms with Crippen LogP contribution in [0.25, 0.3) is 0 Å². The molecule has 0 spiro atoms. The van der Waals surface area contributed by atoms with Crippen molar-refractivity contribution in [1.29, 1.82) is 0 Å². The highest BCUT2D eigenvalue weighted by Crippen LogP contribution is 2.22. The van der Waals surface area contributed by atoms with Crippen LogP contribution < -0.4 is 14.4 Å². The molecular weight excluding hydrogens is 526 g/mol. The Bertz CT molecular complexity index is 1400. The predicted molar refractivity (Wildman–Crippen MR) is 159 cm³/mol. The van der Waals surface area contributed by atoms with Crippen LogP contribution in [0, 0.1) is 6.92 Å². The summed E-state index contributed by atoms with van der Waals surface area (Å²) in [6.07, 6.45) is 1.32. The van der Waals surface area contributed by atoms with Crippen LogP contribution in [0.15, 0.2) is 78.9 Å². The summed E-state index contributed by atoms with van der Waals surface area (Å²) in [5, 5.41) is 3.02. The van der Waals surface area contributed by atoms with Crippen LogP contribution in [0.2, 0.25) is 0 Å². The number of carbonyl (C=O) groups is 2. The standard InChI is InChI=1S/C31H39N3O5S/c1-23-15-17-26(18-16-23)34(40(6,37)38)22-29(35)33(21-25-13-10-14-27(19-25)39-5)28(30(36)32-31(2,3)4)20-24-11-8-7-9-12-24/h7-19,28H,20-22H2,1-6H3,(H,32,36)/t28-/m0/s1. The van der Waals surface area contributed by atoms with Crippen LogP contribution >= 0.6 is 0 Å². The number of aryl methyl sites for hydroxylation is 1. The van der Waals surface area contributed by atoms with E-state index in [2.05, 4.69) is 5.32 Å². The van der Waals surface area contributed by atoms with E-state index in [0.29, 0.717) is 11.4 Å². The molecule has 0 radical (unpaired) electrons. The molecule has 0 heterocycles. The molecule has 9 heteroatoms. The Hall–Kier alpha value is -3.85. The summed E-state index contributed by atoms with van der Waals surface area (Å²) in [5.74, 6) is -0.214. The normalized spacial score (nSPS) is 12.3. The lowest BCUT2D eigenvalue weighted by atomic mass is 10.0.